The van der Waals surface area contributed by atoms with Crippen LogP contribution in [0.3, 0.4) is 0 Å². The smallest absolute Gasteiger partial charge is 0.259 e. The van der Waals surface area contributed by atoms with E-state index < -0.39 is 12.1 Å². The van der Waals surface area contributed by atoms with Crippen LogP contribution < -0.4 is 4.74 Å². The van der Waals surface area contributed by atoms with Crippen molar-refractivity contribution in [2.24, 2.45) is 5.92 Å². The fraction of sp³-hybridized carbons (Fsp3) is 0.300. The second kappa shape index (κ2) is 11.7. The first kappa shape index (κ1) is 25.9. The summed E-state index contributed by atoms with van der Waals surface area (Å²) < 4.78 is 6.29. The van der Waals surface area contributed by atoms with E-state index in [9.17, 15) is 14.7 Å². The molecular weight excluding hydrogens is 466 g/mol. The number of pyridine rings is 1. The van der Waals surface area contributed by atoms with Gasteiger partial charge in [0, 0.05) is 42.4 Å². The number of carbonyl (C=O) groups excluding carboxylic acids is 2. The molecule has 0 unspecified atom stereocenters. The van der Waals surface area contributed by atoms with Crippen LogP contribution in [-0.4, -0.2) is 70.6 Å². The van der Waals surface area contributed by atoms with E-state index in [1.54, 1.807) is 48.2 Å². The predicted octanol–water partition coefficient (Wildman–Crippen LogP) is 3.47. The monoisotopic (exact) mass is 497 g/mol. The van der Waals surface area contributed by atoms with Crippen LogP contribution in [0.25, 0.3) is 0 Å². The summed E-state index contributed by atoms with van der Waals surface area (Å²) in [5.74, 6) is 5.84. The van der Waals surface area contributed by atoms with Gasteiger partial charge in [0.2, 0.25) is 5.88 Å². The number of amides is 2. The van der Waals surface area contributed by atoms with Crippen molar-refractivity contribution in [1.29, 1.82) is 0 Å². The Hall–Kier alpha value is -4.15. The Morgan fingerprint density at radius 2 is 1.78 bits per heavy atom. The van der Waals surface area contributed by atoms with Gasteiger partial charge >= 0.3 is 0 Å². The number of hydrogen-bond acceptors (Lipinski definition) is 5. The molecule has 0 fully saturated rings. The van der Waals surface area contributed by atoms with E-state index in [4.69, 9.17) is 4.74 Å². The number of ether oxygens (including phenoxy) is 1. The lowest BCUT2D eigenvalue weighted by Gasteiger charge is -2.37. The summed E-state index contributed by atoms with van der Waals surface area (Å²) in [6.45, 7) is 4.27. The first-order chi connectivity index (χ1) is 17.9. The van der Waals surface area contributed by atoms with E-state index in [1.807, 2.05) is 55.5 Å². The van der Waals surface area contributed by atoms with Crippen LogP contribution in [0, 0.1) is 17.8 Å². The molecule has 2 heterocycles. The number of rotatable bonds is 5. The van der Waals surface area contributed by atoms with Crippen molar-refractivity contribution >= 4 is 11.8 Å². The maximum atomic E-state index is 13.6. The predicted molar refractivity (Wildman–Crippen MR) is 141 cm³/mol. The summed E-state index contributed by atoms with van der Waals surface area (Å²) in [6, 6.07) is 19.9. The third-order valence-corrected chi connectivity index (χ3v) is 6.47. The minimum Gasteiger partial charge on any atom is -0.472 e. The molecule has 1 aromatic heterocycles. The average molecular weight is 498 g/mol. The topological polar surface area (TPSA) is 83.0 Å². The number of fused-ring (bicyclic) bond motifs is 1. The van der Waals surface area contributed by atoms with Gasteiger partial charge in [-0.2, -0.15) is 0 Å². The van der Waals surface area contributed by atoms with Crippen LogP contribution >= 0.6 is 0 Å². The highest BCUT2D eigenvalue weighted by atomic mass is 16.5. The van der Waals surface area contributed by atoms with E-state index in [1.165, 1.54) is 0 Å². The minimum absolute atomic E-state index is 0.116. The first-order valence-electron chi connectivity index (χ1n) is 12.3. The summed E-state index contributed by atoms with van der Waals surface area (Å²) in [5.41, 5.74) is 2.31. The zero-order valence-corrected chi connectivity index (χ0v) is 21.3. The number of benzene rings is 2. The quantitative estimate of drug-likeness (QED) is 0.546. The van der Waals surface area contributed by atoms with Crippen LogP contribution in [0.15, 0.2) is 72.9 Å². The summed E-state index contributed by atoms with van der Waals surface area (Å²) in [7, 11) is 1.74. The first-order valence-corrected chi connectivity index (χ1v) is 12.3. The average Bonchev–Trinajstić information content (AvgIpc) is 2.94. The van der Waals surface area contributed by atoms with Crippen molar-refractivity contribution in [2.45, 2.75) is 26.0 Å². The van der Waals surface area contributed by atoms with Crippen molar-refractivity contribution in [3.05, 3.63) is 95.2 Å². The molecule has 1 aliphatic heterocycles. The molecule has 7 nitrogen and oxygen atoms in total. The van der Waals surface area contributed by atoms with Crippen LogP contribution in [0.2, 0.25) is 0 Å². The molecule has 0 bridgehead atoms. The molecule has 0 radical (unpaired) electrons. The Bertz CT molecular complexity index is 1300. The zero-order valence-electron chi connectivity index (χ0n) is 21.3. The highest BCUT2D eigenvalue weighted by Crippen LogP contribution is 2.27. The Morgan fingerprint density at radius 1 is 1.14 bits per heavy atom. The fourth-order valence-corrected chi connectivity index (χ4v) is 4.21. The Balaban J connectivity index is 1.65. The van der Waals surface area contributed by atoms with Crippen molar-refractivity contribution in [2.75, 3.05) is 26.7 Å². The molecule has 1 aliphatic rings. The molecule has 190 valence electrons. The standard InChI is InChI=1S/C30H31N3O4/c1-21-18-33(22(2)20-34)30(36)26-16-24(15-14-23-10-6-4-7-11-23)17-31-28(26)37-27(21)19-32(3)29(35)25-12-8-5-9-13-25/h4-13,16-17,21-22,27,34H,18-20H2,1-3H3/t21-,22-,27+/m0/s1. The number of aliphatic hydroxyl groups excluding tert-OH is 1. The zero-order chi connectivity index (χ0) is 26.4. The molecule has 37 heavy (non-hydrogen) atoms. The van der Waals surface area contributed by atoms with Gasteiger partial charge in [-0.3, -0.25) is 9.59 Å². The van der Waals surface area contributed by atoms with Crippen molar-refractivity contribution in [3.63, 3.8) is 0 Å². The molecule has 3 atom stereocenters. The highest BCUT2D eigenvalue weighted by Gasteiger charge is 2.34. The lowest BCUT2D eigenvalue weighted by Crippen LogP contribution is -2.50. The molecule has 0 saturated heterocycles. The Labute approximate surface area is 217 Å². The van der Waals surface area contributed by atoms with Crippen LogP contribution in [0.5, 0.6) is 5.88 Å². The molecule has 7 heteroatoms. The van der Waals surface area contributed by atoms with Crippen LogP contribution in [0.4, 0.5) is 0 Å². The SMILES string of the molecule is C[C@H]1CN([C@@H](C)CO)C(=O)c2cc(C#Cc3ccccc3)cnc2O[C@@H]1CN(C)C(=O)c1ccccc1. The second-order valence-corrected chi connectivity index (χ2v) is 9.37. The van der Waals surface area contributed by atoms with E-state index in [0.29, 0.717) is 24.2 Å². The van der Waals surface area contributed by atoms with Gasteiger partial charge in [0.25, 0.3) is 11.8 Å². The minimum atomic E-state index is -0.424. The number of aromatic nitrogens is 1. The molecule has 3 aromatic rings. The van der Waals surface area contributed by atoms with Crippen LogP contribution in [-0.2, 0) is 0 Å². The van der Waals surface area contributed by atoms with Gasteiger partial charge in [0.1, 0.15) is 11.7 Å². The molecule has 4 rings (SSSR count). The van der Waals surface area contributed by atoms with Crippen molar-refractivity contribution in [3.8, 4) is 17.7 Å². The van der Waals surface area contributed by atoms with E-state index in [2.05, 4.69) is 16.8 Å². The third-order valence-electron chi connectivity index (χ3n) is 6.47. The number of likely N-dealkylation sites (N-methyl/N-ethyl adjacent to an activating group) is 1. The second-order valence-electron chi connectivity index (χ2n) is 9.37. The van der Waals surface area contributed by atoms with Gasteiger partial charge in [0.05, 0.1) is 19.2 Å². The van der Waals surface area contributed by atoms with Crippen LogP contribution in [0.1, 0.15) is 45.7 Å². The van der Waals surface area contributed by atoms with Gasteiger partial charge < -0.3 is 19.6 Å². The summed E-state index contributed by atoms with van der Waals surface area (Å²) in [4.78, 5) is 34.3. The molecule has 2 aromatic carbocycles. The normalized spacial score (nSPS) is 17.8. The van der Waals surface area contributed by atoms with Gasteiger partial charge in [0.15, 0.2) is 0 Å². The van der Waals surface area contributed by atoms with E-state index >= 15 is 0 Å². The summed E-state index contributed by atoms with van der Waals surface area (Å²) >= 11 is 0. The van der Waals surface area contributed by atoms with Crippen molar-refractivity contribution in [1.82, 2.24) is 14.8 Å². The lowest BCUT2D eigenvalue weighted by molar-refractivity contribution is 0.0313. The van der Waals surface area contributed by atoms with Gasteiger partial charge in [-0.1, -0.05) is 55.2 Å². The number of hydrogen-bond donors (Lipinski definition) is 1. The number of aliphatic hydroxyl groups is 1. The summed E-state index contributed by atoms with van der Waals surface area (Å²) in [6.07, 6.45) is 1.16. The van der Waals surface area contributed by atoms with Crippen molar-refractivity contribution < 1.29 is 19.4 Å². The van der Waals surface area contributed by atoms with E-state index in [-0.39, 0.29) is 35.8 Å². The molecular formula is C30H31N3O4. The van der Waals surface area contributed by atoms with Gasteiger partial charge in [-0.05, 0) is 37.3 Å². The molecule has 0 spiro atoms. The molecule has 0 aliphatic carbocycles. The maximum absolute atomic E-state index is 13.6. The maximum Gasteiger partial charge on any atom is 0.259 e. The van der Waals surface area contributed by atoms with Gasteiger partial charge in [-0.25, -0.2) is 4.98 Å². The fourth-order valence-electron chi connectivity index (χ4n) is 4.21. The largest absolute Gasteiger partial charge is 0.472 e. The Kier molecular flexibility index (Phi) is 8.22. The third kappa shape index (κ3) is 6.16. The van der Waals surface area contributed by atoms with E-state index in [0.717, 1.165) is 5.56 Å². The highest BCUT2D eigenvalue weighted by molar-refractivity contribution is 5.97. The Morgan fingerprint density at radius 3 is 2.46 bits per heavy atom. The van der Waals surface area contributed by atoms with Gasteiger partial charge in [-0.15, -0.1) is 0 Å². The molecule has 2 amide bonds. The summed E-state index contributed by atoms with van der Waals surface area (Å²) in [5, 5.41) is 9.86. The molecule has 1 N–H and O–H groups in total. The number of nitrogens with zero attached hydrogens (tertiary/aromatic N) is 3. The number of carbonyl (C=O) groups is 2. The lowest BCUT2D eigenvalue weighted by atomic mass is 9.99. The molecule has 0 saturated carbocycles.